The van der Waals surface area contributed by atoms with E-state index in [0.29, 0.717) is 0 Å². The smallest absolute Gasteiger partial charge is 0.122 e. The quantitative estimate of drug-likeness (QED) is 0.545. The van der Waals surface area contributed by atoms with Gasteiger partial charge in [0.15, 0.2) is 0 Å². The molecule has 1 heterocycles. The summed E-state index contributed by atoms with van der Waals surface area (Å²) >= 11 is 0. The third-order valence-electron chi connectivity index (χ3n) is 2.69. The van der Waals surface area contributed by atoms with Gasteiger partial charge in [0, 0.05) is 5.92 Å². The third kappa shape index (κ3) is 0.710. The van der Waals surface area contributed by atoms with E-state index in [1.54, 1.807) is 0 Å². The Kier molecular flexibility index (Phi) is 0.916. The highest BCUT2D eigenvalue weighted by atomic mass is 16.5. The average Bonchev–Trinajstić information content (AvgIpc) is 2.83. The average molecular weight is 146 g/mol. The lowest BCUT2D eigenvalue weighted by Gasteiger charge is -2.15. The van der Waals surface area contributed by atoms with E-state index in [0.717, 1.165) is 24.2 Å². The molecule has 1 nitrogen and oxygen atoms in total. The van der Waals surface area contributed by atoms with Gasteiger partial charge in [-0.05, 0) is 24.0 Å². The number of hydrogen-bond donors (Lipinski definition) is 0. The zero-order valence-corrected chi connectivity index (χ0v) is 6.29. The van der Waals surface area contributed by atoms with Crippen LogP contribution < -0.4 is 4.74 Å². The molecule has 3 rings (SSSR count). The molecular formula is C10H10O. The monoisotopic (exact) mass is 146 g/mol. The summed E-state index contributed by atoms with van der Waals surface area (Å²) in [7, 11) is 0. The van der Waals surface area contributed by atoms with Crippen LogP contribution in [0.2, 0.25) is 0 Å². The van der Waals surface area contributed by atoms with Crippen LogP contribution in [0.5, 0.6) is 5.75 Å². The molecule has 56 valence electrons. The van der Waals surface area contributed by atoms with Gasteiger partial charge in [0.1, 0.15) is 5.75 Å². The highest BCUT2D eigenvalue weighted by Crippen LogP contribution is 2.53. The van der Waals surface area contributed by atoms with E-state index >= 15 is 0 Å². The van der Waals surface area contributed by atoms with E-state index < -0.39 is 0 Å². The molecule has 1 saturated carbocycles. The molecule has 1 aliphatic carbocycles. The normalized spacial score (nSPS) is 31.6. The van der Waals surface area contributed by atoms with Gasteiger partial charge in [-0.3, -0.25) is 0 Å². The first-order chi connectivity index (χ1) is 5.45. The van der Waals surface area contributed by atoms with Crippen molar-refractivity contribution in [1.82, 2.24) is 0 Å². The Labute approximate surface area is 66.0 Å². The lowest BCUT2D eigenvalue weighted by molar-refractivity contribution is 0.279. The number of benzene rings is 1. The first-order valence-electron chi connectivity index (χ1n) is 4.17. The van der Waals surface area contributed by atoms with Crippen LogP contribution in [0.1, 0.15) is 17.9 Å². The maximum absolute atomic E-state index is 5.58. The molecule has 0 N–H and O–H groups in total. The largest absolute Gasteiger partial charge is 0.493 e. The van der Waals surface area contributed by atoms with Gasteiger partial charge in [-0.1, -0.05) is 18.2 Å². The zero-order chi connectivity index (χ0) is 7.26. The SMILES string of the molecule is c1ccc2c(c1)OC[C@@H]1CC21. The molecule has 2 aliphatic rings. The first-order valence-corrected chi connectivity index (χ1v) is 4.17. The standard InChI is InChI=1S/C10H10O/c1-2-4-10-8(3-1)9-5-7(9)6-11-10/h1-4,7,9H,5-6H2/t7-,9?/m0/s1. The second-order valence-electron chi connectivity index (χ2n) is 3.45. The Morgan fingerprint density at radius 1 is 1.27 bits per heavy atom. The molecule has 11 heavy (non-hydrogen) atoms. The summed E-state index contributed by atoms with van der Waals surface area (Å²) < 4.78 is 5.58. The Morgan fingerprint density at radius 2 is 2.18 bits per heavy atom. The van der Waals surface area contributed by atoms with E-state index in [2.05, 4.69) is 18.2 Å². The molecule has 0 aromatic heterocycles. The van der Waals surface area contributed by atoms with Crippen molar-refractivity contribution in [3.05, 3.63) is 29.8 Å². The minimum atomic E-state index is 0.833. The van der Waals surface area contributed by atoms with Gasteiger partial charge in [-0.25, -0.2) is 0 Å². The van der Waals surface area contributed by atoms with Crippen LogP contribution in [-0.2, 0) is 0 Å². The van der Waals surface area contributed by atoms with Gasteiger partial charge in [0.2, 0.25) is 0 Å². The van der Waals surface area contributed by atoms with Crippen molar-refractivity contribution in [2.45, 2.75) is 12.3 Å². The van der Waals surface area contributed by atoms with Gasteiger partial charge < -0.3 is 4.74 Å². The van der Waals surface area contributed by atoms with Crippen molar-refractivity contribution in [3.63, 3.8) is 0 Å². The number of ether oxygens (including phenoxy) is 1. The van der Waals surface area contributed by atoms with E-state index in [9.17, 15) is 0 Å². The molecule has 1 aromatic rings. The minimum absolute atomic E-state index is 0.833. The molecule has 0 saturated heterocycles. The number of para-hydroxylation sites is 1. The highest BCUT2D eigenvalue weighted by molar-refractivity contribution is 5.41. The van der Waals surface area contributed by atoms with Crippen molar-refractivity contribution in [2.24, 2.45) is 5.92 Å². The molecule has 1 fully saturated rings. The van der Waals surface area contributed by atoms with Gasteiger partial charge in [-0.2, -0.15) is 0 Å². The zero-order valence-electron chi connectivity index (χ0n) is 6.29. The summed E-state index contributed by atoms with van der Waals surface area (Å²) in [6.45, 7) is 0.946. The molecule has 2 atom stereocenters. The van der Waals surface area contributed by atoms with E-state index in [1.165, 1.54) is 12.0 Å². The second-order valence-corrected chi connectivity index (χ2v) is 3.45. The number of rotatable bonds is 0. The van der Waals surface area contributed by atoms with Crippen LogP contribution in [0.15, 0.2) is 24.3 Å². The third-order valence-corrected chi connectivity index (χ3v) is 2.69. The Morgan fingerprint density at radius 3 is 3.18 bits per heavy atom. The summed E-state index contributed by atoms with van der Waals surface area (Å²) in [6.07, 6.45) is 1.34. The van der Waals surface area contributed by atoms with Crippen molar-refractivity contribution in [2.75, 3.05) is 6.61 Å². The summed E-state index contributed by atoms with van der Waals surface area (Å²) in [4.78, 5) is 0. The summed E-state index contributed by atoms with van der Waals surface area (Å²) in [5.41, 5.74) is 1.43. The fourth-order valence-corrected chi connectivity index (χ4v) is 1.93. The van der Waals surface area contributed by atoms with Crippen molar-refractivity contribution in [1.29, 1.82) is 0 Å². The summed E-state index contributed by atoms with van der Waals surface area (Å²) in [6, 6.07) is 8.41. The fraction of sp³-hybridized carbons (Fsp3) is 0.400. The maximum Gasteiger partial charge on any atom is 0.122 e. The lowest BCUT2D eigenvalue weighted by Crippen LogP contribution is -2.07. The minimum Gasteiger partial charge on any atom is -0.493 e. The van der Waals surface area contributed by atoms with Crippen LogP contribution >= 0.6 is 0 Å². The van der Waals surface area contributed by atoms with Crippen LogP contribution in [0, 0.1) is 5.92 Å². The van der Waals surface area contributed by atoms with Gasteiger partial charge in [0.05, 0.1) is 6.61 Å². The Bertz CT molecular complexity index is 293. The van der Waals surface area contributed by atoms with Crippen molar-refractivity contribution >= 4 is 0 Å². The highest BCUT2D eigenvalue weighted by Gasteiger charge is 2.43. The lowest BCUT2D eigenvalue weighted by atomic mass is 10.1. The summed E-state index contributed by atoms with van der Waals surface area (Å²) in [5, 5.41) is 0. The molecule has 1 unspecified atom stereocenters. The maximum atomic E-state index is 5.58. The van der Waals surface area contributed by atoms with Gasteiger partial charge in [-0.15, -0.1) is 0 Å². The second kappa shape index (κ2) is 1.79. The Balaban J connectivity index is 2.14. The van der Waals surface area contributed by atoms with Gasteiger partial charge in [0.25, 0.3) is 0 Å². The van der Waals surface area contributed by atoms with Crippen molar-refractivity contribution in [3.8, 4) is 5.75 Å². The van der Waals surface area contributed by atoms with Crippen molar-refractivity contribution < 1.29 is 4.74 Å². The molecular weight excluding hydrogens is 136 g/mol. The summed E-state index contributed by atoms with van der Waals surface area (Å²) in [5.74, 6) is 2.79. The van der Waals surface area contributed by atoms with Crippen LogP contribution in [0.4, 0.5) is 0 Å². The molecule has 0 amide bonds. The first kappa shape index (κ1) is 5.64. The van der Waals surface area contributed by atoms with Gasteiger partial charge >= 0.3 is 0 Å². The number of fused-ring (bicyclic) bond motifs is 3. The molecule has 0 radical (unpaired) electrons. The topological polar surface area (TPSA) is 9.23 Å². The van der Waals surface area contributed by atoms with Crippen LogP contribution in [0.25, 0.3) is 0 Å². The molecule has 0 spiro atoms. The van der Waals surface area contributed by atoms with Crippen LogP contribution in [0.3, 0.4) is 0 Å². The predicted octanol–water partition coefficient (Wildman–Crippen LogP) is 2.18. The van der Waals surface area contributed by atoms with E-state index in [1.807, 2.05) is 6.07 Å². The number of hydrogen-bond acceptors (Lipinski definition) is 1. The van der Waals surface area contributed by atoms with Crippen LogP contribution in [-0.4, -0.2) is 6.61 Å². The van der Waals surface area contributed by atoms with E-state index in [-0.39, 0.29) is 0 Å². The molecule has 1 aromatic carbocycles. The fourth-order valence-electron chi connectivity index (χ4n) is 1.93. The Hall–Kier alpha value is -0.980. The molecule has 1 aliphatic heterocycles. The predicted molar refractivity (Wildman–Crippen MR) is 42.8 cm³/mol. The molecule has 0 bridgehead atoms. The van der Waals surface area contributed by atoms with E-state index in [4.69, 9.17) is 4.74 Å². The molecule has 1 heteroatoms.